The highest BCUT2D eigenvalue weighted by atomic mass is 17.4. The molecule has 1 saturated heterocycles. The molecule has 18 heavy (non-hydrogen) atoms. The van der Waals surface area contributed by atoms with E-state index in [-0.39, 0.29) is 17.1 Å². The molecule has 1 heterocycles. The molecule has 2 nitrogen and oxygen atoms in total. The molecule has 0 aromatic heterocycles. The summed E-state index contributed by atoms with van der Waals surface area (Å²) in [5.74, 6) is 1.33. The van der Waals surface area contributed by atoms with E-state index in [1.807, 2.05) is 0 Å². The van der Waals surface area contributed by atoms with E-state index in [1.165, 1.54) is 0 Å². The molecule has 1 aliphatic rings. The van der Waals surface area contributed by atoms with Crippen LogP contribution in [0.2, 0.25) is 0 Å². The van der Waals surface area contributed by atoms with E-state index < -0.39 is 0 Å². The highest BCUT2D eigenvalue weighted by molar-refractivity contribution is 4.93. The maximum atomic E-state index is 5.17. The van der Waals surface area contributed by atoms with Crippen molar-refractivity contribution in [3.05, 3.63) is 0 Å². The smallest absolute Gasteiger partial charge is 0.198 e. The molecule has 1 rings (SSSR count). The Morgan fingerprint density at radius 3 is 1.61 bits per heavy atom. The first-order valence-electron chi connectivity index (χ1n) is 7.22. The van der Waals surface area contributed by atoms with Crippen molar-refractivity contribution in [2.24, 2.45) is 28.1 Å². The molecule has 0 spiro atoms. The highest BCUT2D eigenvalue weighted by Gasteiger charge is 2.54. The van der Waals surface area contributed by atoms with Crippen molar-refractivity contribution < 1.29 is 9.78 Å². The third-order valence-electron chi connectivity index (χ3n) is 5.39. The second-order valence-electron chi connectivity index (χ2n) is 8.53. The van der Waals surface area contributed by atoms with Crippen molar-refractivity contribution in [1.82, 2.24) is 0 Å². The molecular weight excluding hydrogens is 224 g/mol. The normalized spacial score (nSPS) is 24.5. The van der Waals surface area contributed by atoms with E-state index >= 15 is 0 Å². The minimum atomic E-state index is -0.0212. The fourth-order valence-electron chi connectivity index (χ4n) is 2.70. The van der Waals surface area contributed by atoms with Crippen molar-refractivity contribution in [2.75, 3.05) is 0 Å². The summed E-state index contributed by atoms with van der Waals surface area (Å²) in [6, 6.07) is 0. The Hall–Kier alpha value is -0.0800. The molecular formula is C16H32O2. The predicted molar refractivity (Wildman–Crippen MR) is 75.9 cm³/mol. The van der Waals surface area contributed by atoms with Gasteiger partial charge in [-0.05, 0) is 29.1 Å². The van der Waals surface area contributed by atoms with Crippen LogP contribution in [0.3, 0.4) is 0 Å². The van der Waals surface area contributed by atoms with Gasteiger partial charge < -0.3 is 0 Å². The number of hydrogen-bond donors (Lipinski definition) is 0. The lowest BCUT2D eigenvalue weighted by Crippen LogP contribution is -2.41. The summed E-state index contributed by atoms with van der Waals surface area (Å²) >= 11 is 0. The van der Waals surface area contributed by atoms with E-state index in [0.717, 1.165) is 6.42 Å². The van der Waals surface area contributed by atoms with Crippen molar-refractivity contribution in [3.8, 4) is 0 Å². The average molecular weight is 256 g/mol. The fourth-order valence-corrected chi connectivity index (χ4v) is 2.70. The van der Waals surface area contributed by atoms with Gasteiger partial charge in [0, 0.05) is 5.41 Å². The SMILES string of the molecule is CC(CC(C)(C1OO1)C(C)(C)C)C(C)C(C)(C)C. The Balaban J connectivity index is 2.80. The van der Waals surface area contributed by atoms with Gasteiger partial charge >= 0.3 is 0 Å². The Bertz CT molecular complexity index is 280. The van der Waals surface area contributed by atoms with Gasteiger partial charge in [0.05, 0.1) is 0 Å². The Labute approximate surface area is 113 Å². The lowest BCUT2D eigenvalue weighted by atomic mass is 9.60. The summed E-state index contributed by atoms with van der Waals surface area (Å²) in [4.78, 5) is 10.3. The van der Waals surface area contributed by atoms with Crippen LogP contribution in [0.15, 0.2) is 0 Å². The van der Waals surface area contributed by atoms with Crippen molar-refractivity contribution >= 4 is 0 Å². The second-order valence-corrected chi connectivity index (χ2v) is 8.53. The average Bonchev–Trinajstić information content (AvgIpc) is 2.95. The van der Waals surface area contributed by atoms with E-state index in [1.54, 1.807) is 0 Å². The Morgan fingerprint density at radius 1 is 0.889 bits per heavy atom. The van der Waals surface area contributed by atoms with Crippen molar-refractivity contribution in [3.63, 3.8) is 0 Å². The topological polar surface area (TPSA) is 25.1 Å². The maximum absolute atomic E-state index is 5.17. The van der Waals surface area contributed by atoms with Gasteiger partial charge in [0.15, 0.2) is 0 Å². The summed E-state index contributed by atoms with van der Waals surface area (Å²) in [5, 5.41) is 0. The van der Waals surface area contributed by atoms with Crippen molar-refractivity contribution in [2.45, 2.75) is 75.0 Å². The molecule has 3 unspecified atom stereocenters. The fraction of sp³-hybridized carbons (Fsp3) is 1.00. The first-order valence-corrected chi connectivity index (χ1v) is 7.22. The molecule has 0 N–H and O–H groups in total. The molecule has 108 valence electrons. The minimum absolute atomic E-state index is 0.0212. The van der Waals surface area contributed by atoms with Crippen LogP contribution in [0.25, 0.3) is 0 Å². The number of rotatable bonds is 4. The lowest BCUT2D eigenvalue weighted by molar-refractivity contribution is 0.0188. The van der Waals surface area contributed by atoms with Gasteiger partial charge in [-0.3, -0.25) is 0 Å². The summed E-state index contributed by atoms with van der Waals surface area (Å²) in [6.45, 7) is 20.9. The molecule has 0 amide bonds. The van der Waals surface area contributed by atoms with E-state index in [2.05, 4.69) is 62.3 Å². The van der Waals surface area contributed by atoms with Gasteiger partial charge in [0.2, 0.25) is 6.29 Å². The van der Waals surface area contributed by atoms with Crippen LogP contribution in [0.4, 0.5) is 0 Å². The molecule has 0 saturated carbocycles. The van der Waals surface area contributed by atoms with Gasteiger partial charge in [-0.2, -0.15) is 9.78 Å². The van der Waals surface area contributed by atoms with Crippen LogP contribution in [0.5, 0.6) is 0 Å². The van der Waals surface area contributed by atoms with Gasteiger partial charge in [0.25, 0.3) is 0 Å². The van der Waals surface area contributed by atoms with E-state index in [4.69, 9.17) is 9.78 Å². The Morgan fingerprint density at radius 2 is 1.33 bits per heavy atom. The third kappa shape index (κ3) is 3.27. The zero-order valence-electron chi connectivity index (χ0n) is 13.8. The predicted octanol–water partition coefficient (Wildman–Crippen LogP) is 5.04. The zero-order chi connectivity index (χ0) is 14.4. The summed E-state index contributed by atoms with van der Waals surface area (Å²) < 4.78 is 0. The molecule has 0 aromatic carbocycles. The molecule has 1 aliphatic heterocycles. The molecule has 0 bridgehead atoms. The molecule has 2 heteroatoms. The summed E-state index contributed by atoms with van der Waals surface area (Å²) in [5.41, 5.74) is 0.607. The largest absolute Gasteiger partial charge is 0.230 e. The first kappa shape index (κ1) is 16.0. The zero-order valence-corrected chi connectivity index (χ0v) is 13.8. The third-order valence-corrected chi connectivity index (χ3v) is 5.39. The molecule has 1 fully saturated rings. The lowest BCUT2D eigenvalue weighted by Gasteiger charge is -2.43. The van der Waals surface area contributed by atoms with Gasteiger partial charge in [-0.25, -0.2) is 0 Å². The molecule has 0 aromatic rings. The van der Waals surface area contributed by atoms with Gasteiger partial charge in [-0.1, -0.05) is 62.3 Å². The van der Waals surface area contributed by atoms with Gasteiger partial charge in [0.1, 0.15) is 0 Å². The van der Waals surface area contributed by atoms with Crippen LogP contribution in [-0.4, -0.2) is 6.29 Å². The van der Waals surface area contributed by atoms with Crippen molar-refractivity contribution in [1.29, 1.82) is 0 Å². The quantitative estimate of drug-likeness (QED) is 0.520. The van der Waals surface area contributed by atoms with Crippen LogP contribution in [0.1, 0.15) is 68.7 Å². The molecule has 0 aliphatic carbocycles. The molecule has 3 atom stereocenters. The highest BCUT2D eigenvalue weighted by Crippen LogP contribution is 2.53. The Kier molecular flexibility index (Phi) is 4.25. The van der Waals surface area contributed by atoms with Crippen LogP contribution >= 0.6 is 0 Å². The van der Waals surface area contributed by atoms with E-state index in [0.29, 0.717) is 17.3 Å². The summed E-state index contributed by atoms with van der Waals surface area (Å²) in [6.07, 6.45) is 1.12. The summed E-state index contributed by atoms with van der Waals surface area (Å²) in [7, 11) is 0. The van der Waals surface area contributed by atoms with E-state index in [9.17, 15) is 0 Å². The molecule has 0 radical (unpaired) electrons. The minimum Gasteiger partial charge on any atom is -0.198 e. The standard InChI is InChI=1S/C16H32O2/c1-11(12(2)14(3,4)5)10-16(9,13-17-18-13)15(6,7)8/h11-13H,10H2,1-9H3. The maximum Gasteiger partial charge on any atom is 0.230 e. The van der Waals surface area contributed by atoms with Gasteiger partial charge in [-0.15, -0.1) is 0 Å². The number of hydrogen-bond acceptors (Lipinski definition) is 2. The second kappa shape index (κ2) is 4.79. The van der Waals surface area contributed by atoms with Crippen LogP contribution in [-0.2, 0) is 9.78 Å². The monoisotopic (exact) mass is 256 g/mol. The van der Waals surface area contributed by atoms with Crippen LogP contribution < -0.4 is 0 Å². The first-order chi connectivity index (χ1) is 7.89. The van der Waals surface area contributed by atoms with Crippen LogP contribution in [0, 0.1) is 28.1 Å².